The molecule has 0 atom stereocenters. The zero-order chi connectivity index (χ0) is 16.7. The third-order valence-electron chi connectivity index (χ3n) is 3.29. The molecule has 0 fully saturated rings. The van der Waals surface area contributed by atoms with E-state index in [4.69, 9.17) is 4.74 Å². The van der Waals surface area contributed by atoms with Crippen LogP contribution < -0.4 is 15.4 Å². The van der Waals surface area contributed by atoms with E-state index in [9.17, 15) is 9.59 Å². The third-order valence-corrected chi connectivity index (χ3v) is 3.29. The fourth-order valence-electron chi connectivity index (χ4n) is 2.10. The van der Waals surface area contributed by atoms with Crippen LogP contribution in [0.5, 0.6) is 5.75 Å². The molecule has 2 aromatic rings. The number of rotatable bonds is 6. The van der Waals surface area contributed by atoms with Crippen LogP contribution in [-0.4, -0.2) is 25.5 Å². The summed E-state index contributed by atoms with van der Waals surface area (Å²) < 4.78 is 5.08. The molecule has 2 N–H and O–H groups in total. The van der Waals surface area contributed by atoms with E-state index < -0.39 is 0 Å². The third kappa shape index (κ3) is 4.85. The summed E-state index contributed by atoms with van der Waals surface area (Å²) in [6.45, 7) is 2.45. The maximum atomic E-state index is 12.0. The highest BCUT2D eigenvalue weighted by Gasteiger charge is 2.07. The Morgan fingerprint density at radius 1 is 1.00 bits per heavy atom. The van der Waals surface area contributed by atoms with E-state index in [1.54, 1.807) is 31.4 Å². The largest absolute Gasteiger partial charge is 0.497 e. The van der Waals surface area contributed by atoms with Crippen LogP contribution in [-0.2, 0) is 11.2 Å². The van der Waals surface area contributed by atoms with Gasteiger partial charge in [0, 0.05) is 17.8 Å². The van der Waals surface area contributed by atoms with Gasteiger partial charge in [-0.3, -0.25) is 9.59 Å². The van der Waals surface area contributed by atoms with Crippen molar-refractivity contribution in [2.24, 2.45) is 0 Å². The van der Waals surface area contributed by atoms with Gasteiger partial charge in [-0.15, -0.1) is 0 Å². The minimum Gasteiger partial charge on any atom is -0.497 e. The number of ether oxygens (including phenoxy) is 1. The lowest BCUT2D eigenvalue weighted by molar-refractivity contribution is -0.115. The number of hydrogen-bond donors (Lipinski definition) is 2. The Morgan fingerprint density at radius 3 is 2.22 bits per heavy atom. The summed E-state index contributed by atoms with van der Waals surface area (Å²) in [6, 6.07) is 14.2. The van der Waals surface area contributed by atoms with E-state index in [0.29, 0.717) is 17.8 Å². The minimum atomic E-state index is -0.122. The Balaban J connectivity index is 1.93. The molecular formula is C18H20N2O3. The highest BCUT2D eigenvalue weighted by molar-refractivity contribution is 5.96. The predicted octanol–water partition coefficient (Wildman–Crippen LogP) is 2.63. The summed E-state index contributed by atoms with van der Waals surface area (Å²) in [5.41, 5.74) is 2.14. The second-order valence-electron chi connectivity index (χ2n) is 5.01. The topological polar surface area (TPSA) is 67.4 Å². The fourth-order valence-corrected chi connectivity index (χ4v) is 2.10. The molecule has 2 amide bonds. The van der Waals surface area contributed by atoms with Crippen LogP contribution in [0.4, 0.5) is 5.69 Å². The molecule has 2 rings (SSSR count). The molecule has 0 saturated carbocycles. The van der Waals surface area contributed by atoms with Crippen LogP contribution in [0, 0.1) is 0 Å². The smallest absolute Gasteiger partial charge is 0.251 e. The number of amides is 2. The van der Waals surface area contributed by atoms with E-state index >= 15 is 0 Å². The van der Waals surface area contributed by atoms with Gasteiger partial charge in [0.25, 0.3) is 5.91 Å². The number of carbonyl (C=O) groups excluding carboxylic acids is 2. The van der Waals surface area contributed by atoms with Crippen LogP contribution in [0.15, 0.2) is 48.5 Å². The second kappa shape index (κ2) is 7.98. The zero-order valence-electron chi connectivity index (χ0n) is 13.3. The first-order valence-corrected chi connectivity index (χ1v) is 7.43. The molecule has 120 valence electrons. The number of benzene rings is 2. The van der Waals surface area contributed by atoms with Crippen molar-refractivity contribution in [1.82, 2.24) is 5.32 Å². The Morgan fingerprint density at radius 2 is 1.65 bits per heavy atom. The fraction of sp³-hybridized carbons (Fsp3) is 0.222. The summed E-state index contributed by atoms with van der Waals surface area (Å²) in [5, 5.41) is 5.54. The van der Waals surface area contributed by atoms with Crippen LogP contribution in [0.3, 0.4) is 0 Å². The molecule has 0 saturated heterocycles. The Hall–Kier alpha value is -2.82. The average Bonchev–Trinajstić information content (AvgIpc) is 2.56. The number of anilines is 1. The van der Waals surface area contributed by atoms with E-state index in [1.807, 2.05) is 31.2 Å². The summed E-state index contributed by atoms with van der Waals surface area (Å²) in [5.74, 6) is 0.527. The van der Waals surface area contributed by atoms with E-state index in [2.05, 4.69) is 10.6 Å². The zero-order valence-corrected chi connectivity index (χ0v) is 13.3. The standard InChI is InChI=1S/C18H20N2O3/c1-3-19-18(22)14-6-8-15(9-7-14)20-17(21)12-13-4-10-16(23-2)11-5-13/h4-11H,3,12H2,1-2H3,(H,19,22)(H,20,21). The first-order valence-electron chi connectivity index (χ1n) is 7.43. The molecular weight excluding hydrogens is 292 g/mol. The monoisotopic (exact) mass is 312 g/mol. The van der Waals surface area contributed by atoms with Gasteiger partial charge in [0.05, 0.1) is 13.5 Å². The van der Waals surface area contributed by atoms with E-state index in [-0.39, 0.29) is 18.2 Å². The maximum Gasteiger partial charge on any atom is 0.251 e. The van der Waals surface area contributed by atoms with Gasteiger partial charge in [0.2, 0.25) is 5.91 Å². The maximum absolute atomic E-state index is 12.0. The molecule has 5 heteroatoms. The van der Waals surface area contributed by atoms with Crippen molar-refractivity contribution in [3.63, 3.8) is 0 Å². The average molecular weight is 312 g/mol. The quantitative estimate of drug-likeness (QED) is 0.861. The Bertz CT molecular complexity index is 664. The van der Waals surface area contributed by atoms with Crippen molar-refractivity contribution in [1.29, 1.82) is 0 Å². The first-order chi connectivity index (χ1) is 11.1. The normalized spacial score (nSPS) is 10.0. The van der Waals surface area contributed by atoms with Gasteiger partial charge in [-0.25, -0.2) is 0 Å². The van der Waals surface area contributed by atoms with E-state index in [1.165, 1.54) is 0 Å². The lowest BCUT2D eigenvalue weighted by atomic mass is 10.1. The van der Waals surface area contributed by atoms with Gasteiger partial charge < -0.3 is 15.4 Å². The van der Waals surface area contributed by atoms with Crippen LogP contribution >= 0.6 is 0 Å². The highest BCUT2D eigenvalue weighted by atomic mass is 16.5. The lowest BCUT2D eigenvalue weighted by Crippen LogP contribution is -2.22. The van der Waals surface area contributed by atoms with Crippen molar-refractivity contribution in [2.75, 3.05) is 19.0 Å². The van der Waals surface area contributed by atoms with Crippen molar-refractivity contribution in [2.45, 2.75) is 13.3 Å². The summed E-state index contributed by atoms with van der Waals surface area (Å²) in [7, 11) is 1.60. The van der Waals surface area contributed by atoms with E-state index in [0.717, 1.165) is 11.3 Å². The van der Waals surface area contributed by atoms with Crippen molar-refractivity contribution < 1.29 is 14.3 Å². The number of hydrogen-bond acceptors (Lipinski definition) is 3. The number of nitrogens with one attached hydrogen (secondary N) is 2. The lowest BCUT2D eigenvalue weighted by Gasteiger charge is -2.07. The SMILES string of the molecule is CCNC(=O)c1ccc(NC(=O)Cc2ccc(OC)cc2)cc1. The molecule has 0 spiro atoms. The first kappa shape index (κ1) is 16.5. The molecule has 0 aliphatic heterocycles. The van der Waals surface area contributed by atoms with Gasteiger partial charge >= 0.3 is 0 Å². The highest BCUT2D eigenvalue weighted by Crippen LogP contribution is 2.13. The summed E-state index contributed by atoms with van der Waals surface area (Å²) in [4.78, 5) is 23.7. The van der Waals surface area contributed by atoms with Crippen LogP contribution in [0.25, 0.3) is 0 Å². The second-order valence-corrected chi connectivity index (χ2v) is 5.01. The van der Waals surface area contributed by atoms with Gasteiger partial charge in [-0.1, -0.05) is 12.1 Å². The molecule has 0 aliphatic carbocycles. The molecule has 5 nitrogen and oxygen atoms in total. The molecule has 0 heterocycles. The molecule has 0 aliphatic rings. The van der Waals surface area contributed by atoms with Gasteiger partial charge in [0.1, 0.15) is 5.75 Å². The summed E-state index contributed by atoms with van der Waals surface area (Å²) >= 11 is 0. The molecule has 0 unspecified atom stereocenters. The van der Waals surface area contributed by atoms with Crippen molar-refractivity contribution >= 4 is 17.5 Å². The van der Waals surface area contributed by atoms with Crippen molar-refractivity contribution in [3.8, 4) is 5.75 Å². The Labute approximate surface area is 135 Å². The minimum absolute atomic E-state index is 0.110. The van der Waals surface area contributed by atoms with Crippen LogP contribution in [0.1, 0.15) is 22.8 Å². The number of methoxy groups -OCH3 is 1. The van der Waals surface area contributed by atoms with Crippen molar-refractivity contribution in [3.05, 3.63) is 59.7 Å². The Kier molecular flexibility index (Phi) is 5.74. The molecule has 2 aromatic carbocycles. The summed E-state index contributed by atoms with van der Waals surface area (Å²) in [6.07, 6.45) is 0.280. The van der Waals surface area contributed by atoms with Gasteiger partial charge in [-0.2, -0.15) is 0 Å². The molecule has 23 heavy (non-hydrogen) atoms. The molecule has 0 bridgehead atoms. The molecule has 0 aromatic heterocycles. The molecule has 0 radical (unpaired) electrons. The predicted molar refractivity (Wildman–Crippen MR) is 89.8 cm³/mol. The van der Waals surface area contributed by atoms with Gasteiger partial charge in [-0.05, 0) is 48.9 Å². The number of carbonyl (C=O) groups is 2. The van der Waals surface area contributed by atoms with Gasteiger partial charge in [0.15, 0.2) is 0 Å². The van der Waals surface area contributed by atoms with Crippen LogP contribution in [0.2, 0.25) is 0 Å².